The standard InChI is InChI=1S/C26H25ClF3N5O5/c27-17-7-5-16(6-8-17)15-35-21-22(32-25(35)39-18-3-1-4-19(13-18)40-26(28,29)30)33-11-9-31-14-20(33)23(37)34(24(21)38)10-2-12-36/h1,3-8,13,20,31,36H,2,9-12,14-15H2. The van der Waals surface area contributed by atoms with Crippen LogP contribution >= 0.6 is 11.6 Å². The minimum absolute atomic E-state index is 0.00289. The van der Waals surface area contributed by atoms with E-state index in [1.807, 2.05) is 0 Å². The Morgan fingerprint density at radius 3 is 2.60 bits per heavy atom. The highest BCUT2D eigenvalue weighted by Crippen LogP contribution is 2.36. The Kier molecular flexibility index (Phi) is 7.88. The summed E-state index contributed by atoms with van der Waals surface area (Å²) >= 11 is 6.05. The number of nitrogens with zero attached hydrogens (tertiary/aromatic N) is 4. The van der Waals surface area contributed by atoms with Gasteiger partial charge in [-0.2, -0.15) is 4.98 Å². The van der Waals surface area contributed by atoms with Gasteiger partial charge >= 0.3 is 12.4 Å². The molecule has 0 bridgehead atoms. The molecule has 1 unspecified atom stereocenters. The van der Waals surface area contributed by atoms with E-state index >= 15 is 0 Å². The van der Waals surface area contributed by atoms with Crippen molar-refractivity contribution in [2.45, 2.75) is 25.4 Å². The van der Waals surface area contributed by atoms with E-state index in [-0.39, 0.29) is 55.9 Å². The largest absolute Gasteiger partial charge is 0.573 e. The fourth-order valence-corrected chi connectivity index (χ4v) is 4.82. The van der Waals surface area contributed by atoms with Crippen LogP contribution in [0.25, 0.3) is 0 Å². The maximum Gasteiger partial charge on any atom is 0.573 e. The number of aliphatic hydroxyl groups is 1. The number of carbonyl (C=O) groups is 2. The second-order valence-electron chi connectivity index (χ2n) is 9.19. The van der Waals surface area contributed by atoms with E-state index in [9.17, 15) is 27.9 Å². The van der Waals surface area contributed by atoms with E-state index in [1.54, 1.807) is 29.2 Å². The van der Waals surface area contributed by atoms with Crippen LogP contribution < -0.4 is 19.7 Å². The van der Waals surface area contributed by atoms with Crippen molar-refractivity contribution in [1.29, 1.82) is 0 Å². The summed E-state index contributed by atoms with van der Waals surface area (Å²) < 4.78 is 49.9. The highest BCUT2D eigenvalue weighted by Gasteiger charge is 2.44. The second-order valence-corrected chi connectivity index (χ2v) is 9.63. The fourth-order valence-electron chi connectivity index (χ4n) is 4.70. The molecule has 0 aliphatic carbocycles. The summed E-state index contributed by atoms with van der Waals surface area (Å²) in [6.45, 7) is 1.04. The number of halogens is 4. The first-order valence-electron chi connectivity index (χ1n) is 12.5. The Labute approximate surface area is 231 Å². The van der Waals surface area contributed by atoms with Gasteiger partial charge in [-0.15, -0.1) is 13.2 Å². The van der Waals surface area contributed by atoms with Gasteiger partial charge in [0.25, 0.3) is 11.8 Å². The monoisotopic (exact) mass is 579 g/mol. The molecule has 0 saturated carbocycles. The molecular weight excluding hydrogens is 555 g/mol. The molecule has 2 N–H and O–H groups in total. The molecule has 40 heavy (non-hydrogen) atoms. The molecule has 2 amide bonds. The Balaban J connectivity index is 1.62. The van der Waals surface area contributed by atoms with Gasteiger partial charge in [0.2, 0.25) is 0 Å². The van der Waals surface area contributed by atoms with Gasteiger partial charge in [0.05, 0.1) is 6.54 Å². The average molecular weight is 580 g/mol. The SMILES string of the molecule is O=C1c2c(nc(Oc3cccc(OC(F)(F)F)c3)n2Cc2ccc(Cl)cc2)N2CCNCC2C(=O)N1CCCO. The first kappa shape index (κ1) is 27.7. The molecule has 1 saturated heterocycles. The lowest BCUT2D eigenvalue weighted by Crippen LogP contribution is -2.58. The molecule has 2 aliphatic heterocycles. The summed E-state index contributed by atoms with van der Waals surface area (Å²) in [4.78, 5) is 34.8. The van der Waals surface area contributed by atoms with Crippen LogP contribution in [-0.4, -0.2) is 76.6 Å². The minimum atomic E-state index is -4.89. The molecule has 0 radical (unpaired) electrons. The van der Waals surface area contributed by atoms with Crippen LogP contribution in [0.3, 0.4) is 0 Å². The van der Waals surface area contributed by atoms with Gasteiger partial charge in [-0.25, -0.2) is 0 Å². The number of aliphatic hydroxyl groups excluding tert-OH is 1. The molecule has 14 heteroatoms. The van der Waals surface area contributed by atoms with Crippen LogP contribution in [0, 0.1) is 0 Å². The lowest BCUT2D eigenvalue weighted by atomic mass is 10.1. The number of carbonyl (C=O) groups excluding carboxylic acids is 2. The number of imidazole rings is 1. The topological polar surface area (TPSA) is 109 Å². The van der Waals surface area contributed by atoms with E-state index < -0.39 is 30.0 Å². The van der Waals surface area contributed by atoms with Crippen molar-refractivity contribution >= 4 is 29.2 Å². The van der Waals surface area contributed by atoms with Crippen molar-refractivity contribution in [3.05, 3.63) is 64.8 Å². The molecular formula is C26H25ClF3N5O5. The average Bonchev–Trinajstić information content (AvgIpc) is 3.22. The maximum atomic E-state index is 13.9. The molecule has 1 aromatic heterocycles. The number of nitrogens with one attached hydrogen (secondary N) is 1. The van der Waals surface area contributed by atoms with Crippen molar-refractivity contribution in [3.63, 3.8) is 0 Å². The fraction of sp³-hybridized carbons (Fsp3) is 0.346. The third kappa shape index (κ3) is 5.86. The van der Waals surface area contributed by atoms with Gasteiger partial charge in [-0.05, 0) is 36.2 Å². The van der Waals surface area contributed by atoms with Crippen molar-refractivity contribution < 1.29 is 37.3 Å². The number of hydrogen-bond donors (Lipinski definition) is 2. The number of imide groups is 1. The van der Waals surface area contributed by atoms with Gasteiger partial charge < -0.3 is 24.8 Å². The minimum Gasteiger partial charge on any atom is -0.425 e. The molecule has 2 aromatic carbocycles. The van der Waals surface area contributed by atoms with Crippen molar-refractivity contribution in [3.8, 4) is 17.5 Å². The van der Waals surface area contributed by atoms with Gasteiger partial charge in [-0.3, -0.25) is 19.1 Å². The second kappa shape index (κ2) is 11.4. The van der Waals surface area contributed by atoms with Crippen LogP contribution in [0.1, 0.15) is 22.5 Å². The van der Waals surface area contributed by atoms with Crippen LogP contribution in [0.4, 0.5) is 19.0 Å². The number of ether oxygens (including phenoxy) is 2. The van der Waals surface area contributed by atoms with Gasteiger partial charge in [0.1, 0.15) is 17.5 Å². The number of amides is 2. The number of piperazine rings is 1. The number of alkyl halides is 3. The zero-order valence-corrected chi connectivity index (χ0v) is 21.8. The molecule has 1 atom stereocenters. The van der Waals surface area contributed by atoms with Crippen LogP contribution in [0.5, 0.6) is 17.5 Å². The van der Waals surface area contributed by atoms with Crippen molar-refractivity contribution in [2.24, 2.45) is 0 Å². The smallest absolute Gasteiger partial charge is 0.425 e. The zero-order valence-electron chi connectivity index (χ0n) is 21.0. The molecule has 0 spiro atoms. The number of fused-ring (bicyclic) bond motifs is 3. The van der Waals surface area contributed by atoms with E-state index in [4.69, 9.17) is 16.3 Å². The van der Waals surface area contributed by atoms with Gasteiger partial charge in [-0.1, -0.05) is 29.8 Å². The number of hydrogen-bond acceptors (Lipinski definition) is 8. The van der Waals surface area contributed by atoms with Crippen molar-refractivity contribution in [2.75, 3.05) is 37.7 Å². The third-order valence-corrected chi connectivity index (χ3v) is 6.72. The summed E-state index contributed by atoms with van der Waals surface area (Å²) in [5.41, 5.74) is 0.814. The molecule has 1 fully saturated rings. The van der Waals surface area contributed by atoms with Crippen LogP contribution in [0.15, 0.2) is 48.5 Å². The summed E-state index contributed by atoms with van der Waals surface area (Å²) in [7, 11) is 0. The van der Waals surface area contributed by atoms with E-state index in [2.05, 4.69) is 15.0 Å². The molecule has 3 aromatic rings. The Morgan fingerprint density at radius 2 is 1.88 bits per heavy atom. The molecule has 212 valence electrons. The van der Waals surface area contributed by atoms with E-state index in [1.165, 1.54) is 16.7 Å². The molecule has 3 heterocycles. The number of benzene rings is 2. The summed E-state index contributed by atoms with van der Waals surface area (Å²) in [5.74, 6) is -1.30. The molecule has 10 nitrogen and oxygen atoms in total. The first-order valence-corrected chi connectivity index (χ1v) is 12.8. The van der Waals surface area contributed by atoms with Crippen LogP contribution in [-0.2, 0) is 11.3 Å². The Hall–Kier alpha value is -3.81. The lowest BCUT2D eigenvalue weighted by molar-refractivity contribution is -0.274. The number of rotatable bonds is 8. The molecule has 2 aliphatic rings. The maximum absolute atomic E-state index is 13.9. The number of aromatic nitrogens is 2. The lowest BCUT2D eigenvalue weighted by Gasteiger charge is -2.35. The third-order valence-electron chi connectivity index (χ3n) is 6.47. The molecule has 5 rings (SSSR count). The van der Waals surface area contributed by atoms with E-state index in [0.29, 0.717) is 18.1 Å². The summed E-state index contributed by atoms with van der Waals surface area (Å²) in [6.07, 6.45) is -4.70. The van der Waals surface area contributed by atoms with Crippen molar-refractivity contribution in [1.82, 2.24) is 19.8 Å². The normalized spacial score (nSPS) is 17.4. The Bertz CT molecular complexity index is 1400. The quantitative estimate of drug-likeness (QED) is 0.391. The predicted octanol–water partition coefficient (Wildman–Crippen LogP) is 3.42. The van der Waals surface area contributed by atoms with Crippen LogP contribution in [0.2, 0.25) is 5.02 Å². The van der Waals surface area contributed by atoms with Gasteiger partial charge in [0.15, 0.2) is 11.5 Å². The number of anilines is 1. The Morgan fingerprint density at radius 1 is 1.12 bits per heavy atom. The summed E-state index contributed by atoms with van der Waals surface area (Å²) in [5, 5.41) is 13.1. The zero-order chi connectivity index (χ0) is 28.4. The predicted molar refractivity (Wildman–Crippen MR) is 138 cm³/mol. The first-order chi connectivity index (χ1) is 19.1. The van der Waals surface area contributed by atoms with Gasteiger partial charge in [0, 0.05) is 43.9 Å². The highest BCUT2D eigenvalue weighted by molar-refractivity contribution is 6.30. The highest BCUT2D eigenvalue weighted by atomic mass is 35.5. The van der Waals surface area contributed by atoms with E-state index in [0.717, 1.165) is 22.6 Å². The summed E-state index contributed by atoms with van der Waals surface area (Å²) in [6, 6.07) is 11.0.